The highest BCUT2D eigenvalue weighted by Crippen LogP contribution is 2.27. The van der Waals surface area contributed by atoms with Gasteiger partial charge in [-0.25, -0.2) is 9.97 Å². The van der Waals surface area contributed by atoms with E-state index in [9.17, 15) is 25.0 Å². The summed E-state index contributed by atoms with van der Waals surface area (Å²) in [4.78, 5) is 39.0. The van der Waals surface area contributed by atoms with Gasteiger partial charge in [0, 0.05) is 0 Å². The largest absolute Gasteiger partial charge is 0.345 e. The molecule has 1 amide bonds. The lowest BCUT2D eigenvalue weighted by Crippen LogP contribution is -2.14. The van der Waals surface area contributed by atoms with Crippen molar-refractivity contribution in [2.75, 3.05) is 5.32 Å². The van der Waals surface area contributed by atoms with Crippen LogP contribution in [0.2, 0.25) is 5.15 Å². The van der Waals surface area contributed by atoms with Crippen LogP contribution in [-0.2, 0) is 0 Å². The third-order valence-corrected chi connectivity index (χ3v) is 3.26. The fraction of sp³-hybridized carbons (Fsp3) is 0. The Hall–Kier alpha value is -2.66. The molecule has 0 aliphatic heterocycles. The lowest BCUT2D eigenvalue weighted by Gasteiger charge is -2.02. The van der Waals surface area contributed by atoms with E-state index in [-0.39, 0.29) is 20.8 Å². The molecule has 0 atom stereocenters. The monoisotopic (exact) mass is 329 g/mol. The molecule has 2 rings (SSSR count). The normalized spacial score (nSPS) is 10.1. The minimum Gasteiger partial charge on any atom is -0.297 e. The fourth-order valence-corrected chi connectivity index (χ4v) is 2.11. The molecule has 0 saturated carbocycles. The highest BCUT2D eigenvalue weighted by molar-refractivity contribution is 7.18. The third-order valence-electron chi connectivity index (χ3n) is 2.18. The highest BCUT2D eigenvalue weighted by Gasteiger charge is 2.23. The number of thiazole rings is 1. The smallest absolute Gasteiger partial charge is 0.297 e. The maximum atomic E-state index is 12.0. The summed E-state index contributed by atoms with van der Waals surface area (Å²) in [5.74, 6) is -0.866. The molecule has 0 aliphatic rings. The van der Waals surface area contributed by atoms with Crippen molar-refractivity contribution < 1.29 is 14.6 Å². The molecule has 21 heavy (non-hydrogen) atoms. The Bertz CT molecular complexity index is 748. The van der Waals surface area contributed by atoms with E-state index in [0.29, 0.717) is 11.3 Å². The number of hydrogen-bond acceptors (Lipinski definition) is 8. The van der Waals surface area contributed by atoms with Crippen molar-refractivity contribution in [3.8, 4) is 0 Å². The van der Waals surface area contributed by atoms with E-state index in [1.54, 1.807) is 0 Å². The molecule has 2 aromatic rings. The molecule has 0 radical (unpaired) electrons. The average molecular weight is 330 g/mol. The van der Waals surface area contributed by atoms with Crippen LogP contribution in [0, 0.1) is 20.2 Å². The van der Waals surface area contributed by atoms with E-state index in [1.807, 2.05) is 0 Å². The summed E-state index contributed by atoms with van der Waals surface area (Å²) < 4.78 is 0. The van der Waals surface area contributed by atoms with Crippen molar-refractivity contribution in [1.82, 2.24) is 9.97 Å². The molecule has 2 heterocycles. The van der Waals surface area contributed by atoms with E-state index < -0.39 is 21.4 Å². The molecule has 10 nitrogen and oxygen atoms in total. The van der Waals surface area contributed by atoms with Crippen molar-refractivity contribution in [2.45, 2.75) is 0 Å². The maximum absolute atomic E-state index is 12.0. The second-order valence-electron chi connectivity index (χ2n) is 3.50. The average Bonchev–Trinajstić information content (AvgIpc) is 2.86. The number of carbonyl (C=O) groups excluding carboxylic acids is 1. The van der Waals surface area contributed by atoms with E-state index in [2.05, 4.69) is 15.3 Å². The number of nitrogens with zero attached hydrogens (tertiary/aromatic N) is 4. The molecule has 0 unspecified atom stereocenters. The minimum absolute atomic E-state index is 0.0612. The van der Waals surface area contributed by atoms with Gasteiger partial charge in [-0.3, -0.25) is 30.3 Å². The summed E-state index contributed by atoms with van der Waals surface area (Å²) in [6, 6.07) is 1.02. The molecule has 0 spiro atoms. The van der Waals surface area contributed by atoms with Gasteiger partial charge in [-0.2, -0.15) is 0 Å². The number of pyridine rings is 1. The van der Waals surface area contributed by atoms with Crippen LogP contribution in [-0.4, -0.2) is 25.7 Å². The van der Waals surface area contributed by atoms with Crippen LogP contribution in [0.5, 0.6) is 0 Å². The van der Waals surface area contributed by atoms with Crippen LogP contribution in [0.4, 0.5) is 15.8 Å². The van der Waals surface area contributed by atoms with Gasteiger partial charge in [0.05, 0.1) is 9.85 Å². The summed E-state index contributed by atoms with van der Waals surface area (Å²) in [6.07, 6.45) is 1.82. The zero-order valence-corrected chi connectivity index (χ0v) is 11.4. The van der Waals surface area contributed by atoms with Crippen LogP contribution in [0.1, 0.15) is 10.4 Å². The Morgan fingerprint density at radius 1 is 1.24 bits per heavy atom. The van der Waals surface area contributed by atoms with Crippen molar-refractivity contribution in [3.05, 3.63) is 49.4 Å². The van der Waals surface area contributed by atoms with Gasteiger partial charge in [0.1, 0.15) is 23.1 Å². The van der Waals surface area contributed by atoms with Gasteiger partial charge in [-0.1, -0.05) is 11.6 Å². The standard InChI is InChI=1S/C9H4ClN5O5S/c10-6-1-4(5(2-11-6)14(17)18)8(16)13-9-12-3-7(21-9)15(19)20/h1-3H,(H,12,13,16). The lowest BCUT2D eigenvalue weighted by atomic mass is 10.2. The molecular formula is C9H4ClN5O5S. The molecule has 0 saturated heterocycles. The van der Waals surface area contributed by atoms with Gasteiger partial charge in [0.2, 0.25) is 0 Å². The number of carbonyl (C=O) groups is 1. The maximum Gasteiger partial charge on any atom is 0.345 e. The summed E-state index contributed by atoms with van der Waals surface area (Å²) in [7, 11) is 0. The third kappa shape index (κ3) is 3.27. The fourth-order valence-electron chi connectivity index (χ4n) is 1.32. The Labute approximate surface area is 124 Å². The van der Waals surface area contributed by atoms with Crippen LogP contribution in [0.3, 0.4) is 0 Å². The first-order valence-electron chi connectivity index (χ1n) is 5.10. The number of halogens is 1. The molecule has 0 aromatic carbocycles. The molecule has 2 aromatic heterocycles. The van der Waals surface area contributed by atoms with E-state index >= 15 is 0 Å². The molecule has 108 valence electrons. The minimum atomic E-state index is -0.866. The number of rotatable bonds is 4. The van der Waals surface area contributed by atoms with Gasteiger partial charge in [-0.05, 0) is 17.4 Å². The number of nitro groups is 2. The van der Waals surface area contributed by atoms with Crippen molar-refractivity contribution >= 4 is 44.7 Å². The summed E-state index contributed by atoms with van der Waals surface area (Å²) in [5.41, 5.74) is -0.860. The van der Waals surface area contributed by atoms with Crippen LogP contribution < -0.4 is 5.32 Å². The van der Waals surface area contributed by atoms with Gasteiger partial charge < -0.3 is 0 Å². The Morgan fingerprint density at radius 2 is 1.95 bits per heavy atom. The second-order valence-corrected chi connectivity index (χ2v) is 4.89. The Balaban J connectivity index is 2.29. The van der Waals surface area contributed by atoms with Crippen LogP contribution >= 0.6 is 22.9 Å². The summed E-state index contributed by atoms with van der Waals surface area (Å²) >= 11 is 6.22. The number of anilines is 1. The number of hydrogen-bond donors (Lipinski definition) is 1. The summed E-state index contributed by atoms with van der Waals surface area (Å²) in [6.45, 7) is 0. The predicted octanol–water partition coefficient (Wildman–Crippen LogP) is 2.26. The van der Waals surface area contributed by atoms with E-state index in [1.165, 1.54) is 0 Å². The van der Waals surface area contributed by atoms with E-state index in [0.717, 1.165) is 18.5 Å². The number of aromatic nitrogens is 2. The topological polar surface area (TPSA) is 141 Å². The van der Waals surface area contributed by atoms with Gasteiger partial charge >= 0.3 is 5.00 Å². The quantitative estimate of drug-likeness (QED) is 0.515. The number of amides is 1. The van der Waals surface area contributed by atoms with Crippen molar-refractivity contribution in [1.29, 1.82) is 0 Å². The van der Waals surface area contributed by atoms with Crippen LogP contribution in [0.15, 0.2) is 18.5 Å². The van der Waals surface area contributed by atoms with E-state index in [4.69, 9.17) is 11.6 Å². The molecule has 0 aliphatic carbocycles. The molecule has 0 bridgehead atoms. The summed E-state index contributed by atoms with van der Waals surface area (Å²) in [5, 5.41) is 23.1. The van der Waals surface area contributed by atoms with Gasteiger partial charge in [0.25, 0.3) is 11.6 Å². The zero-order valence-electron chi connectivity index (χ0n) is 9.85. The lowest BCUT2D eigenvalue weighted by molar-refractivity contribution is -0.385. The number of nitrogens with one attached hydrogen (secondary N) is 1. The van der Waals surface area contributed by atoms with Gasteiger partial charge in [0.15, 0.2) is 5.13 Å². The molecule has 1 N–H and O–H groups in total. The second kappa shape index (κ2) is 5.76. The van der Waals surface area contributed by atoms with Gasteiger partial charge in [-0.15, -0.1) is 0 Å². The first-order valence-corrected chi connectivity index (χ1v) is 6.29. The Kier molecular flexibility index (Phi) is 4.05. The zero-order chi connectivity index (χ0) is 15.6. The first kappa shape index (κ1) is 14.7. The molecule has 12 heteroatoms. The van der Waals surface area contributed by atoms with Crippen molar-refractivity contribution in [3.63, 3.8) is 0 Å². The Morgan fingerprint density at radius 3 is 2.52 bits per heavy atom. The first-order chi connectivity index (χ1) is 9.88. The highest BCUT2D eigenvalue weighted by atomic mass is 35.5. The van der Waals surface area contributed by atoms with Crippen molar-refractivity contribution in [2.24, 2.45) is 0 Å². The molecular weight excluding hydrogens is 326 g/mol. The van der Waals surface area contributed by atoms with Crippen LogP contribution in [0.25, 0.3) is 0 Å². The predicted molar refractivity (Wildman–Crippen MR) is 72.6 cm³/mol. The SMILES string of the molecule is O=C(Nc1ncc([N+](=O)[O-])s1)c1cc(Cl)ncc1[N+](=O)[O-]. The molecule has 0 fully saturated rings.